The predicted molar refractivity (Wildman–Crippen MR) is 142 cm³/mol. The van der Waals surface area contributed by atoms with Gasteiger partial charge in [-0.15, -0.1) is 0 Å². The number of carbonyl (C=O) groups excluding carboxylic acids is 2. The monoisotopic (exact) mass is 517 g/mol. The second kappa shape index (κ2) is 11.6. The molecule has 0 aromatic heterocycles. The normalized spacial score (nSPS) is 14.6. The minimum absolute atomic E-state index is 0.0964. The number of hydrogen-bond acceptors (Lipinski definition) is 4. The fraction of sp³-hybridized carbons (Fsp3) is 0.323. The number of amides is 1. The lowest BCUT2D eigenvalue weighted by Crippen LogP contribution is -2.55. The molecule has 0 saturated carbocycles. The summed E-state index contributed by atoms with van der Waals surface area (Å²) in [4.78, 5) is 38.2. The second-order valence-corrected chi connectivity index (χ2v) is 9.99. The highest BCUT2D eigenvalue weighted by Gasteiger charge is 2.38. The van der Waals surface area contributed by atoms with Gasteiger partial charge in [0.05, 0.1) is 6.42 Å². The Balaban J connectivity index is 1.42. The molecule has 4 rings (SSSR count). The largest absolute Gasteiger partial charge is 0.480 e. The second-order valence-electron chi connectivity index (χ2n) is 9.99. The summed E-state index contributed by atoms with van der Waals surface area (Å²) in [7, 11) is 0. The SMILES string of the molecule is CCC[C@H](CC(=O)OCC1c2ccccc2-c2ccccc21)C(=O)N[C@@](C)(Cc1ccccc1F)C(=O)O. The maximum Gasteiger partial charge on any atom is 0.329 e. The van der Waals surface area contributed by atoms with Crippen LogP contribution in [0, 0.1) is 11.7 Å². The molecule has 0 radical (unpaired) electrons. The minimum Gasteiger partial charge on any atom is -0.480 e. The molecule has 0 saturated heterocycles. The number of esters is 1. The van der Waals surface area contributed by atoms with E-state index in [0.717, 1.165) is 22.3 Å². The van der Waals surface area contributed by atoms with Gasteiger partial charge < -0.3 is 15.2 Å². The van der Waals surface area contributed by atoms with Crippen molar-refractivity contribution >= 4 is 17.8 Å². The van der Waals surface area contributed by atoms with Crippen molar-refractivity contribution in [2.24, 2.45) is 5.92 Å². The van der Waals surface area contributed by atoms with Crippen LogP contribution in [0.5, 0.6) is 0 Å². The Kier molecular flexibility index (Phi) is 8.25. The van der Waals surface area contributed by atoms with E-state index in [9.17, 15) is 23.9 Å². The molecule has 0 unspecified atom stereocenters. The van der Waals surface area contributed by atoms with Gasteiger partial charge in [0.1, 0.15) is 18.0 Å². The number of fused-ring (bicyclic) bond motifs is 3. The number of halogens is 1. The Labute approximate surface area is 221 Å². The molecule has 1 aliphatic rings. The third-order valence-corrected chi connectivity index (χ3v) is 7.17. The van der Waals surface area contributed by atoms with Crippen molar-refractivity contribution in [3.05, 3.63) is 95.3 Å². The number of aliphatic carboxylic acids is 1. The molecule has 1 amide bonds. The van der Waals surface area contributed by atoms with Gasteiger partial charge >= 0.3 is 11.9 Å². The van der Waals surface area contributed by atoms with Gasteiger partial charge in [0.2, 0.25) is 5.91 Å². The number of carbonyl (C=O) groups is 3. The van der Waals surface area contributed by atoms with E-state index in [2.05, 4.69) is 17.4 Å². The minimum atomic E-state index is -1.74. The third-order valence-electron chi connectivity index (χ3n) is 7.17. The van der Waals surface area contributed by atoms with Crippen LogP contribution in [0.25, 0.3) is 11.1 Å². The first-order valence-corrected chi connectivity index (χ1v) is 12.9. The van der Waals surface area contributed by atoms with Crippen molar-refractivity contribution in [3.8, 4) is 11.1 Å². The van der Waals surface area contributed by atoms with Crippen LogP contribution in [-0.2, 0) is 25.5 Å². The van der Waals surface area contributed by atoms with Crippen LogP contribution in [0.3, 0.4) is 0 Å². The quantitative estimate of drug-likeness (QED) is 0.328. The smallest absolute Gasteiger partial charge is 0.329 e. The van der Waals surface area contributed by atoms with E-state index < -0.39 is 35.1 Å². The molecule has 6 nitrogen and oxygen atoms in total. The molecule has 2 atom stereocenters. The third kappa shape index (κ3) is 5.77. The Morgan fingerprint density at radius 2 is 1.55 bits per heavy atom. The summed E-state index contributed by atoms with van der Waals surface area (Å²) in [5.74, 6) is -3.78. The number of benzene rings is 3. The van der Waals surface area contributed by atoms with Gasteiger partial charge in [-0.3, -0.25) is 9.59 Å². The van der Waals surface area contributed by atoms with E-state index in [-0.39, 0.29) is 30.9 Å². The van der Waals surface area contributed by atoms with Gasteiger partial charge in [0.25, 0.3) is 0 Å². The first kappa shape index (κ1) is 27.0. The summed E-state index contributed by atoms with van der Waals surface area (Å²) >= 11 is 0. The Hall–Kier alpha value is -4.00. The highest BCUT2D eigenvalue weighted by Crippen LogP contribution is 2.44. The molecule has 0 bridgehead atoms. The fourth-order valence-corrected chi connectivity index (χ4v) is 5.12. The number of carboxylic acids is 1. The molecule has 3 aromatic rings. The molecule has 198 valence electrons. The zero-order valence-electron chi connectivity index (χ0n) is 21.6. The van der Waals surface area contributed by atoms with Crippen molar-refractivity contribution in [1.29, 1.82) is 0 Å². The standard InChI is InChI=1S/C31H32FNO5/c1-3-10-20(29(35)33-31(2,30(36)37)18-21-11-4-9-16-27(21)32)17-28(34)38-19-26-24-14-7-5-12-22(24)23-13-6-8-15-25(23)26/h4-9,11-16,20,26H,3,10,17-19H2,1-2H3,(H,33,35)(H,36,37)/t20-,31+/m1/s1. The first-order valence-electron chi connectivity index (χ1n) is 12.9. The molecule has 0 spiro atoms. The Bertz CT molecular complexity index is 1290. The highest BCUT2D eigenvalue weighted by molar-refractivity contribution is 5.90. The maximum atomic E-state index is 14.2. The van der Waals surface area contributed by atoms with Crippen LogP contribution >= 0.6 is 0 Å². The number of ether oxygens (including phenoxy) is 1. The predicted octanol–water partition coefficient (Wildman–Crippen LogP) is 5.49. The Morgan fingerprint density at radius 3 is 2.13 bits per heavy atom. The van der Waals surface area contributed by atoms with Crippen molar-refractivity contribution in [1.82, 2.24) is 5.32 Å². The van der Waals surface area contributed by atoms with Crippen LogP contribution in [0.1, 0.15) is 55.7 Å². The van der Waals surface area contributed by atoms with Gasteiger partial charge in [-0.25, -0.2) is 9.18 Å². The van der Waals surface area contributed by atoms with E-state index in [1.807, 2.05) is 43.3 Å². The fourth-order valence-electron chi connectivity index (χ4n) is 5.12. The van der Waals surface area contributed by atoms with E-state index in [1.165, 1.54) is 25.1 Å². The number of hydrogen-bond donors (Lipinski definition) is 2. The topological polar surface area (TPSA) is 92.7 Å². The molecular weight excluding hydrogens is 485 g/mol. The summed E-state index contributed by atoms with van der Waals surface area (Å²) < 4.78 is 19.9. The van der Waals surface area contributed by atoms with Gasteiger partial charge in [0.15, 0.2) is 0 Å². The Morgan fingerprint density at radius 1 is 0.974 bits per heavy atom. The van der Waals surface area contributed by atoms with Gasteiger partial charge in [-0.1, -0.05) is 80.1 Å². The van der Waals surface area contributed by atoms with Gasteiger partial charge in [0, 0.05) is 18.3 Å². The highest BCUT2D eigenvalue weighted by atomic mass is 19.1. The lowest BCUT2D eigenvalue weighted by molar-refractivity contribution is -0.149. The average molecular weight is 518 g/mol. The molecule has 1 aliphatic carbocycles. The molecule has 2 N–H and O–H groups in total. The number of carboxylic acid groups (broad SMARTS) is 1. The molecule has 3 aromatic carbocycles. The average Bonchev–Trinajstić information content (AvgIpc) is 3.22. The van der Waals surface area contributed by atoms with Crippen LogP contribution in [0.2, 0.25) is 0 Å². The number of nitrogens with one attached hydrogen (secondary N) is 1. The van der Waals surface area contributed by atoms with Crippen LogP contribution in [0.15, 0.2) is 72.8 Å². The van der Waals surface area contributed by atoms with Crippen molar-refractivity contribution in [2.45, 2.75) is 51.0 Å². The van der Waals surface area contributed by atoms with Crippen molar-refractivity contribution in [2.75, 3.05) is 6.61 Å². The lowest BCUT2D eigenvalue weighted by atomic mass is 9.90. The molecule has 0 heterocycles. The van der Waals surface area contributed by atoms with E-state index in [4.69, 9.17) is 4.74 Å². The number of rotatable bonds is 11. The molecule has 38 heavy (non-hydrogen) atoms. The van der Waals surface area contributed by atoms with Gasteiger partial charge in [-0.2, -0.15) is 0 Å². The lowest BCUT2D eigenvalue weighted by Gasteiger charge is -2.29. The summed E-state index contributed by atoms with van der Waals surface area (Å²) in [5.41, 5.74) is 2.86. The van der Waals surface area contributed by atoms with E-state index in [0.29, 0.717) is 12.8 Å². The van der Waals surface area contributed by atoms with Crippen LogP contribution < -0.4 is 5.32 Å². The van der Waals surface area contributed by atoms with Crippen molar-refractivity contribution < 1.29 is 28.6 Å². The zero-order chi connectivity index (χ0) is 27.3. The van der Waals surface area contributed by atoms with E-state index in [1.54, 1.807) is 6.07 Å². The summed E-state index contributed by atoms with van der Waals surface area (Å²) in [6.45, 7) is 3.37. The van der Waals surface area contributed by atoms with Crippen molar-refractivity contribution in [3.63, 3.8) is 0 Å². The first-order chi connectivity index (χ1) is 18.2. The molecular formula is C31H32FNO5. The molecule has 0 fully saturated rings. The maximum absolute atomic E-state index is 14.2. The molecule has 7 heteroatoms. The summed E-state index contributed by atoms with van der Waals surface area (Å²) in [5, 5.41) is 12.4. The summed E-state index contributed by atoms with van der Waals surface area (Å²) in [6.07, 6.45) is 0.590. The van der Waals surface area contributed by atoms with Gasteiger partial charge in [-0.05, 0) is 47.2 Å². The van der Waals surface area contributed by atoms with E-state index >= 15 is 0 Å². The van der Waals surface area contributed by atoms with Crippen LogP contribution in [-0.4, -0.2) is 35.1 Å². The van der Waals surface area contributed by atoms with Crippen LogP contribution in [0.4, 0.5) is 4.39 Å². The molecule has 0 aliphatic heterocycles. The summed E-state index contributed by atoms with van der Waals surface area (Å²) in [6, 6.07) is 21.9. The zero-order valence-corrected chi connectivity index (χ0v) is 21.6.